The molecule has 0 amide bonds. The Bertz CT molecular complexity index is 558. The first-order chi connectivity index (χ1) is 12.6. The SMILES string of the molecule is CCNC(=NCc1cccc(OCC(C)C)c1)N1CCC(OCC)CC1.I. The predicted octanol–water partition coefficient (Wildman–Crippen LogP) is 4.31. The van der Waals surface area contributed by atoms with Crippen molar-refractivity contribution in [3.63, 3.8) is 0 Å². The first kappa shape index (κ1) is 24.0. The number of halogens is 1. The van der Waals surface area contributed by atoms with Gasteiger partial charge in [-0.15, -0.1) is 24.0 Å². The van der Waals surface area contributed by atoms with E-state index in [1.165, 1.54) is 5.56 Å². The molecule has 1 N–H and O–H groups in total. The van der Waals surface area contributed by atoms with E-state index in [0.29, 0.717) is 18.6 Å². The summed E-state index contributed by atoms with van der Waals surface area (Å²) in [6.07, 6.45) is 2.53. The number of likely N-dealkylation sites (tertiary alicyclic amines) is 1. The van der Waals surface area contributed by atoms with Gasteiger partial charge in [0, 0.05) is 26.2 Å². The Balaban J connectivity index is 0.00000364. The van der Waals surface area contributed by atoms with Crippen molar-refractivity contribution >= 4 is 29.9 Å². The quantitative estimate of drug-likeness (QED) is 0.336. The third kappa shape index (κ3) is 8.68. The van der Waals surface area contributed by atoms with E-state index in [-0.39, 0.29) is 24.0 Å². The molecule has 0 aromatic heterocycles. The minimum absolute atomic E-state index is 0. The molecule has 1 aromatic carbocycles. The van der Waals surface area contributed by atoms with E-state index in [0.717, 1.165) is 57.4 Å². The van der Waals surface area contributed by atoms with Gasteiger partial charge in [-0.3, -0.25) is 0 Å². The maximum Gasteiger partial charge on any atom is 0.194 e. The number of nitrogens with zero attached hydrogens (tertiary/aromatic N) is 2. The number of hydrogen-bond acceptors (Lipinski definition) is 3. The summed E-state index contributed by atoms with van der Waals surface area (Å²) in [5.41, 5.74) is 1.17. The van der Waals surface area contributed by atoms with E-state index in [9.17, 15) is 0 Å². The number of benzene rings is 1. The van der Waals surface area contributed by atoms with Crippen LogP contribution < -0.4 is 10.1 Å². The maximum absolute atomic E-state index is 5.83. The van der Waals surface area contributed by atoms with Crippen molar-refractivity contribution in [2.45, 2.75) is 53.2 Å². The van der Waals surface area contributed by atoms with Crippen LogP contribution in [0.15, 0.2) is 29.3 Å². The van der Waals surface area contributed by atoms with Gasteiger partial charge in [0.25, 0.3) is 0 Å². The van der Waals surface area contributed by atoms with Crippen molar-refractivity contribution in [1.82, 2.24) is 10.2 Å². The van der Waals surface area contributed by atoms with Gasteiger partial charge in [0.1, 0.15) is 5.75 Å². The summed E-state index contributed by atoms with van der Waals surface area (Å²) >= 11 is 0. The van der Waals surface area contributed by atoms with Crippen molar-refractivity contribution < 1.29 is 9.47 Å². The Kier molecular flexibility index (Phi) is 11.7. The summed E-state index contributed by atoms with van der Waals surface area (Å²) in [6, 6.07) is 8.26. The average molecular weight is 489 g/mol. The van der Waals surface area contributed by atoms with Crippen LogP contribution in [0.4, 0.5) is 0 Å². The van der Waals surface area contributed by atoms with Crippen LogP contribution in [0.3, 0.4) is 0 Å². The molecule has 5 nitrogen and oxygen atoms in total. The molecule has 0 bridgehead atoms. The van der Waals surface area contributed by atoms with Crippen LogP contribution in [-0.4, -0.2) is 49.8 Å². The van der Waals surface area contributed by atoms with Crippen molar-refractivity contribution in [1.29, 1.82) is 0 Å². The number of rotatable bonds is 8. The molecule has 1 saturated heterocycles. The Hall–Kier alpha value is -1.02. The molecule has 154 valence electrons. The molecule has 1 heterocycles. The van der Waals surface area contributed by atoms with Crippen molar-refractivity contribution in [3.8, 4) is 5.75 Å². The third-order valence-corrected chi connectivity index (χ3v) is 4.37. The van der Waals surface area contributed by atoms with Crippen molar-refractivity contribution in [2.24, 2.45) is 10.9 Å². The van der Waals surface area contributed by atoms with Crippen LogP contribution in [0, 0.1) is 5.92 Å². The van der Waals surface area contributed by atoms with Gasteiger partial charge in [-0.2, -0.15) is 0 Å². The van der Waals surface area contributed by atoms with Crippen molar-refractivity contribution in [2.75, 3.05) is 32.8 Å². The normalized spacial score (nSPS) is 15.6. The fraction of sp³-hybridized carbons (Fsp3) is 0.667. The lowest BCUT2D eigenvalue weighted by molar-refractivity contribution is 0.0263. The first-order valence-corrected chi connectivity index (χ1v) is 9.99. The molecule has 0 spiro atoms. The maximum atomic E-state index is 5.83. The van der Waals surface area contributed by atoms with Gasteiger partial charge in [-0.25, -0.2) is 4.99 Å². The van der Waals surface area contributed by atoms with Gasteiger partial charge >= 0.3 is 0 Å². The zero-order valence-corrected chi connectivity index (χ0v) is 19.6. The number of piperidine rings is 1. The molecule has 27 heavy (non-hydrogen) atoms. The molecule has 6 heteroatoms. The summed E-state index contributed by atoms with van der Waals surface area (Å²) in [6.45, 7) is 13.6. The van der Waals surface area contributed by atoms with E-state index in [1.807, 2.05) is 12.1 Å². The molecule has 1 aliphatic rings. The molecule has 2 rings (SSSR count). The van der Waals surface area contributed by atoms with E-state index in [2.05, 4.69) is 50.0 Å². The zero-order valence-electron chi connectivity index (χ0n) is 17.2. The molecule has 0 saturated carbocycles. The molecular weight excluding hydrogens is 453 g/mol. The molecule has 0 atom stereocenters. The van der Waals surface area contributed by atoms with E-state index >= 15 is 0 Å². The van der Waals surface area contributed by atoms with Gasteiger partial charge in [0.05, 0.1) is 19.3 Å². The highest BCUT2D eigenvalue weighted by molar-refractivity contribution is 14.0. The highest BCUT2D eigenvalue weighted by atomic mass is 127. The lowest BCUT2D eigenvalue weighted by Crippen LogP contribution is -2.47. The zero-order chi connectivity index (χ0) is 18.8. The summed E-state index contributed by atoms with van der Waals surface area (Å²) in [4.78, 5) is 7.20. The molecule has 0 radical (unpaired) electrons. The second-order valence-corrected chi connectivity index (χ2v) is 7.16. The number of ether oxygens (including phenoxy) is 2. The highest BCUT2D eigenvalue weighted by Crippen LogP contribution is 2.16. The summed E-state index contributed by atoms with van der Waals surface area (Å²) < 4.78 is 11.6. The topological polar surface area (TPSA) is 46.1 Å². The summed E-state index contributed by atoms with van der Waals surface area (Å²) in [7, 11) is 0. The summed E-state index contributed by atoms with van der Waals surface area (Å²) in [5.74, 6) is 2.45. The van der Waals surface area contributed by atoms with Gasteiger partial charge in [0.2, 0.25) is 0 Å². The van der Waals surface area contributed by atoms with Crippen LogP contribution in [0.2, 0.25) is 0 Å². The second kappa shape index (κ2) is 13.2. The Labute approximate surface area is 181 Å². The van der Waals surface area contributed by atoms with Crippen LogP contribution in [0.25, 0.3) is 0 Å². The smallest absolute Gasteiger partial charge is 0.194 e. The average Bonchev–Trinajstić information content (AvgIpc) is 2.65. The summed E-state index contributed by atoms with van der Waals surface area (Å²) in [5, 5.41) is 3.43. The van der Waals surface area contributed by atoms with Gasteiger partial charge < -0.3 is 19.7 Å². The second-order valence-electron chi connectivity index (χ2n) is 7.16. The van der Waals surface area contributed by atoms with E-state index < -0.39 is 0 Å². The monoisotopic (exact) mass is 489 g/mol. The molecule has 0 aliphatic carbocycles. The van der Waals surface area contributed by atoms with E-state index in [1.54, 1.807) is 0 Å². The standard InChI is InChI=1S/C21H35N3O2.HI/c1-5-22-21(24-12-10-19(11-13-24)25-6-2)23-15-18-8-7-9-20(14-18)26-16-17(3)4;/h7-9,14,17,19H,5-6,10-13,15-16H2,1-4H3,(H,22,23);1H. The molecular formula is C21H36IN3O2. The van der Waals surface area contributed by atoms with Gasteiger partial charge in [0.15, 0.2) is 5.96 Å². The highest BCUT2D eigenvalue weighted by Gasteiger charge is 2.21. The number of aliphatic imine (C=N–C) groups is 1. The van der Waals surface area contributed by atoms with Crippen LogP contribution in [0.5, 0.6) is 5.75 Å². The predicted molar refractivity (Wildman–Crippen MR) is 123 cm³/mol. The van der Waals surface area contributed by atoms with Crippen LogP contribution >= 0.6 is 24.0 Å². The molecule has 0 unspecified atom stereocenters. The van der Waals surface area contributed by atoms with Crippen LogP contribution in [0.1, 0.15) is 46.1 Å². The number of hydrogen-bond donors (Lipinski definition) is 1. The molecule has 1 aromatic rings. The number of guanidine groups is 1. The van der Waals surface area contributed by atoms with Gasteiger partial charge in [-0.1, -0.05) is 26.0 Å². The lowest BCUT2D eigenvalue weighted by Gasteiger charge is -2.34. The largest absolute Gasteiger partial charge is 0.493 e. The molecule has 1 aliphatic heterocycles. The lowest BCUT2D eigenvalue weighted by atomic mass is 10.1. The van der Waals surface area contributed by atoms with Crippen molar-refractivity contribution in [3.05, 3.63) is 29.8 Å². The Morgan fingerprint density at radius 3 is 2.63 bits per heavy atom. The first-order valence-electron chi connectivity index (χ1n) is 9.99. The van der Waals surface area contributed by atoms with Crippen LogP contribution in [-0.2, 0) is 11.3 Å². The number of nitrogens with one attached hydrogen (secondary N) is 1. The Morgan fingerprint density at radius 1 is 1.26 bits per heavy atom. The third-order valence-electron chi connectivity index (χ3n) is 4.37. The fourth-order valence-corrected chi connectivity index (χ4v) is 3.06. The van der Waals surface area contributed by atoms with Gasteiger partial charge in [-0.05, 0) is 50.3 Å². The fourth-order valence-electron chi connectivity index (χ4n) is 3.06. The minimum Gasteiger partial charge on any atom is -0.493 e. The molecule has 1 fully saturated rings. The Morgan fingerprint density at radius 2 is 2.00 bits per heavy atom. The minimum atomic E-state index is 0. The van der Waals surface area contributed by atoms with E-state index in [4.69, 9.17) is 14.5 Å².